The normalized spacial score (nSPS) is 14.8. The lowest BCUT2D eigenvalue weighted by Gasteiger charge is -2.13. The SMILES string of the molecule is O=C(NCc1c(F)cccc1F)C1(c2cc(-c3ccccc3F)on2)CC1. The maximum Gasteiger partial charge on any atom is 0.232 e. The van der Waals surface area contributed by atoms with Crippen LogP contribution in [-0.4, -0.2) is 11.1 Å². The zero-order valence-corrected chi connectivity index (χ0v) is 14.1. The highest BCUT2D eigenvalue weighted by molar-refractivity contribution is 5.91. The third kappa shape index (κ3) is 3.09. The molecule has 1 aliphatic rings. The summed E-state index contributed by atoms with van der Waals surface area (Å²) < 4.78 is 46.5. The van der Waals surface area contributed by atoms with Gasteiger partial charge in [-0.15, -0.1) is 0 Å². The maximum atomic E-state index is 13.9. The fraction of sp³-hybridized carbons (Fsp3) is 0.200. The molecule has 0 spiro atoms. The highest BCUT2D eigenvalue weighted by Crippen LogP contribution is 2.48. The number of aromatic nitrogens is 1. The summed E-state index contributed by atoms with van der Waals surface area (Å²) in [6.45, 7) is -0.267. The van der Waals surface area contributed by atoms with Crippen LogP contribution >= 0.6 is 0 Å². The van der Waals surface area contributed by atoms with E-state index in [-0.39, 0.29) is 23.4 Å². The zero-order valence-electron chi connectivity index (χ0n) is 14.1. The molecule has 3 aromatic rings. The average Bonchev–Trinajstić information content (AvgIpc) is 3.32. The third-order valence-corrected chi connectivity index (χ3v) is 4.81. The third-order valence-electron chi connectivity index (χ3n) is 4.81. The number of carbonyl (C=O) groups is 1. The summed E-state index contributed by atoms with van der Waals surface area (Å²) in [4.78, 5) is 12.6. The number of nitrogens with zero attached hydrogens (tertiary/aromatic N) is 1. The van der Waals surface area contributed by atoms with Crippen LogP contribution in [0.25, 0.3) is 11.3 Å². The molecule has 1 fully saturated rings. The van der Waals surface area contributed by atoms with Crippen molar-refractivity contribution in [1.29, 1.82) is 0 Å². The van der Waals surface area contributed by atoms with Crippen molar-refractivity contribution in [2.24, 2.45) is 0 Å². The van der Waals surface area contributed by atoms with Gasteiger partial charge in [-0.2, -0.15) is 0 Å². The van der Waals surface area contributed by atoms with Crippen molar-refractivity contribution in [2.45, 2.75) is 24.8 Å². The molecule has 4 nitrogen and oxygen atoms in total. The first-order chi connectivity index (χ1) is 13.0. The van der Waals surface area contributed by atoms with Crippen LogP contribution in [0.15, 0.2) is 53.1 Å². The first-order valence-electron chi connectivity index (χ1n) is 8.44. The van der Waals surface area contributed by atoms with Crippen molar-refractivity contribution in [3.8, 4) is 11.3 Å². The maximum absolute atomic E-state index is 13.9. The molecule has 0 atom stereocenters. The topological polar surface area (TPSA) is 55.1 Å². The summed E-state index contributed by atoms with van der Waals surface area (Å²) in [5, 5.41) is 6.50. The molecule has 2 aromatic carbocycles. The van der Waals surface area contributed by atoms with Crippen LogP contribution in [0.1, 0.15) is 24.1 Å². The molecule has 1 saturated carbocycles. The Balaban J connectivity index is 1.53. The molecule has 0 unspecified atom stereocenters. The van der Waals surface area contributed by atoms with Crippen molar-refractivity contribution in [1.82, 2.24) is 10.5 Å². The summed E-state index contributed by atoms with van der Waals surface area (Å²) in [7, 11) is 0. The van der Waals surface area contributed by atoms with Gasteiger partial charge in [0.15, 0.2) is 5.76 Å². The number of nitrogens with one attached hydrogen (secondary N) is 1. The predicted octanol–water partition coefficient (Wildman–Crippen LogP) is 4.11. The molecular weight excluding hydrogens is 357 g/mol. The largest absolute Gasteiger partial charge is 0.356 e. The number of benzene rings is 2. The van der Waals surface area contributed by atoms with E-state index < -0.39 is 28.8 Å². The van der Waals surface area contributed by atoms with E-state index in [0.29, 0.717) is 18.5 Å². The van der Waals surface area contributed by atoms with Crippen LogP contribution in [0.2, 0.25) is 0 Å². The van der Waals surface area contributed by atoms with Gasteiger partial charge < -0.3 is 9.84 Å². The van der Waals surface area contributed by atoms with Gasteiger partial charge in [0.05, 0.1) is 16.7 Å². The molecule has 7 heteroatoms. The molecule has 1 aromatic heterocycles. The number of amides is 1. The molecule has 27 heavy (non-hydrogen) atoms. The highest BCUT2D eigenvalue weighted by Gasteiger charge is 2.53. The van der Waals surface area contributed by atoms with Crippen molar-refractivity contribution in [2.75, 3.05) is 0 Å². The standard InChI is InChI=1S/C20H15F3N2O2/c21-14-5-2-1-4-12(14)17-10-18(25-27-17)20(8-9-20)19(26)24-11-13-15(22)6-3-7-16(13)23/h1-7,10H,8-9,11H2,(H,24,26). The molecule has 0 radical (unpaired) electrons. The monoisotopic (exact) mass is 372 g/mol. The predicted molar refractivity (Wildman–Crippen MR) is 91.0 cm³/mol. The molecule has 0 saturated heterocycles. The van der Waals surface area contributed by atoms with Crippen molar-refractivity contribution in [3.05, 3.63) is 77.2 Å². The molecule has 138 valence electrons. The van der Waals surface area contributed by atoms with E-state index in [0.717, 1.165) is 12.1 Å². The first-order valence-corrected chi connectivity index (χ1v) is 8.44. The van der Waals surface area contributed by atoms with E-state index in [1.165, 1.54) is 18.2 Å². The average molecular weight is 372 g/mol. The number of hydrogen-bond donors (Lipinski definition) is 1. The van der Waals surface area contributed by atoms with Gasteiger partial charge in [0.2, 0.25) is 5.91 Å². The van der Waals surface area contributed by atoms with E-state index in [1.807, 2.05) is 0 Å². The van der Waals surface area contributed by atoms with Gasteiger partial charge in [0.25, 0.3) is 0 Å². The number of rotatable bonds is 5. The molecule has 1 heterocycles. The van der Waals surface area contributed by atoms with E-state index >= 15 is 0 Å². The Morgan fingerprint density at radius 2 is 1.70 bits per heavy atom. The number of carbonyl (C=O) groups excluding carboxylic acids is 1. The van der Waals surface area contributed by atoms with Gasteiger partial charge in [0, 0.05) is 18.2 Å². The minimum Gasteiger partial charge on any atom is -0.356 e. The number of hydrogen-bond acceptors (Lipinski definition) is 3. The zero-order chi connectivity index (χ0) is 19.0. The summed E-state index contributed by atoms with van der Waals surface area (Å²) in [5.74, 6) is -2.06. The second-order valence-corrected chi connectivity index (χ2v) is 6.52. The smallest absolute Gasteiger partial charge is 0.232 e. The minimum absolute atomic E-state index is 0.200. The van der Waals surface area contributed by atoms with Crippen molar-refractivity contribution >= 4 is 5.91 Å². The Hall–Kier alpha value is -3.09. The van der Waals surface area contributed by atoms with Gasteiger partial charge in [-0.1, -0.05) is 23.4 Å². The molecule has 0 aliphatic heterocycles. The summed E-state index contributed by atoms with van der Waals surface area (Å²) in [6, 6.07) is 11.2. The first kappa shape index (κ1) is 17.3. The van der Waals surface area contributed by atoms with E-state index in [2.05, 4.69) is 10.5 Å². The van der Waals surface area contributed by atoms with Crippen LogP contribution in [0.4, 0.5) is 13.2 Å². The molecular formula is C20H15F3N2O2. The Morgan fingerprint density at radius 3 is 2.37 bits per heavy atom. The molecule has 1 aliphatic carbocycles. The lowest BCUT2D eigenvalue weighted by molar-refractivity contribution is -0.123. The van der Waals surface area contributed by atoms with Crippen LogP contribution in [-0.2, 0) is 16.8 Å². The lowest BCUT2D eigenvalue weighted by Crippen LogP contribution is -2.35. The van der Waals surface area contributed by atoms with Gasteiger partial charge in [-0.3, -0.25) is 4.79 Å². The quantitative estimate of drug-likeness (QED) is 0.733. The van der Waals surface area contributed by atoms with E-state index in [9.17, 15) is 18.0 Å². The van der Waals surface area contributed by atoms with Crippen LogP contribution in [0, 0.1) is 17.5 Å². The molecule has 1 N–H and O–H groups in total. The van der Waals surface area contributed by atoms with E-state index in [4.69, 9.17) is 4.52 Å². The molecule has 1 amide bonds. The molecule has 0 bridgehead atoms. The van der Waals surface area contributed by atoms with Gasteiger partial charge in [0.1, 0.15) is 17.5 Å². The van der Waals surface area contributed by atoms with Crippen molar-refractivity contribution in [3.63, 3.8) is 0 Å². The second kappa shape index (κ2) is 6.57. The second-order valence-electron chi connectivity index (χ2n) is 6.52. The van der Waals surface area contributed by atoms with Gasteiger partial charge in [-0.05, 0) is 37.1 Å². The molecule has 4 rings (SSSR count). The van der Waals surface area contributed by atoms with Crippen LogP contribution in [0.3, 0.4) is 0 Å². The van der Waals surface area contributed by atoms with Crippen molar-refractivity contribution < 1.29 is 22.5 Å². The van der Waals surface area contributed by atoms with Crippen LogP contribution < -0.4 is 5.32 Å². The fourth-order valence-corrected chi connectivity index (χ4v) is 3.05. The van der Waals surface area contributed by atoms with Crippen LogP contribution in [0.5, 0.6) is 0 Å². The summed E-state index contributed by atoms with van der Waals surface area (Å²) in [6.07, 6.45) is 1.06. The number of halogens is 3. The Bertz CT molecular complexity index is 992. The summed E-state index contributed by atoms with van der Waals surface area (Å²) in [5.41, 5.74) is -0.476. The Morgan fingerprint density at radius 1 is 1.04 bits per heavy atom. The Labute approximate surface area is 153 Å². The van der Waals surface area contributed by atoms with E-state index in [1.54, 1.807) is 18.2 Å². The minimum atomic E-state index is -0.908. The summed E-state index contributed by atoms with van der Waals surface area (Å²) >= 11 is 0. The highest BCUT2D eigenvalue weighted by atomic mass is 19.1. The lowest BCUT2D eigenvalue weighted by atomic mass is 10.00. The fourth-order valence-electron chi connectivity index (χ4n) is 3.05. The van der Waals surface area contributed by atoms with Gasteiger partial charge >= 0.3 is 0 Å². The van der Waals surface area contributed by atoms with Gasteiger partial charge in [-0.25, -0.2) is 13.2 Å². The Kier molecular flexibility index (Phi) is 4.22.